The maximum absolute atomic E-state index is 11.1. The Kier molecular flexibility index (Phi) is 4.78. The predicted octanol–water partition coefficient (Wildman–Crippen LogP) is -0.306. The second-order valence-corrected chi connectivity index (χ2v) is 3.81. The van der Waals surface area contributed by atoms with Crippen molar-refractivity contribution in [3.8, 4) is 5.75 Å². The Hall–Kier alpha value is -1.56. The van der Waals surface area contributed by atoms with Gasteiger partial charge in [-0.05, 0) is 24.3 Å². The first-order chi connectivity index (χ1) is 7.58. The Morgan fingerprint density at radius 1 is 1.31 bits per heavy atom. The quantitative estimate of drug-likeness (QED) is 0.806. The summed E-state index contributed by atoms with van der Waals surface area (Å²) in [5.41, 5.74) is 0. The van der Waals surface area contributed by atoms with Gasteiger partial charge in [-0.25, -0.2) is 0 Å². The third-order valence-corrected chi connectivity index (χ3v) is 2.14. The number of ether oxygens (including phenoxy) is 1. The Morgan fingerprint density at radius 3 is 2.50 bits per heavy atom. The van der Waals surface area contributed by atoms with Gasteiger partial charge in [0.15, 0.2) is 6.61 Å². The van der Waals surface area contributed by atoms with Crippen molar-refractivity contribution < 1.29 is 19.4 Å². The van der Waals surface area contributed by atoms with Crippen LogP contribution in [0.4, 0.5) is 0 Å². The smallest absolute Gasteiger partial charge is 0.258 e. The zero-order chi connectivity index (χ0) is 12.0. The minimum absolute atomic E-state index is 0.227. The number of hydrogen-bond acceptors (Lipinski definition) is 4. The molecular weight excluding hydrogens is 278 g/mol. The largest absolute Gasteiger partial charge is 0.548 e. The molecule has 1 rings (SSSR count). The fraction of sp³-hybridized carbons (Fsp3) is 0.200. The van der Waals surface area contributed by atoms with Crippen LogP contribution >= 0.6 is 15.9 Å². The number of carboxylic acids is 1. The first-order valence-corrected chi connectivity index (χ1v) is 5.22. The number of halogens is 1. The molecule has 1 N–H and O–H groups in total. The molecule has 0 fully saturated rings. The van der Waals surface area contributed by atoms with Gasteiger partial charge in [-0.1, -0.05) is 15.9 Å². The number of carbonyl (C=O) groups excluding carboxylic acids is 2. The Morgan fingerprint density at radius 2 is 1.94 bits per heavy atom. The Balaban J connectivity index is 2.31. The van der Waals surface area contributed by atoms with Gasteiger partial charge in [-0.3, -0.25) is 4.79 Å². The molecule has 0 radical (unpaired) electrons. The van der Waals surface area contributed by atoms with Crippen LogP contribution in [0.1, 0.15) is 0 Å². The summed E-state index contributed by atoms with van der Waals surface area (Å²) < 4.78 is 6.01. The normalized spacial score (nSPS) is 9.56. The molecule has 0 heterocycles. The van der Waals surface area contributed by atoms with E-state index in [1.807, 2.05) is 0 Å². The molecule has 5 nitrogen and oxygen atoms in total. The summed E-state index contributed by atoms with van der Waals surface area (Å²) in [5.74, 6) is -1.31. The number of carboxylic acid groups (broad SMARTS) is 1. The molecule has 1 aromatic rings. The second kappa shape index (κ2) is 6.12. The lowest BCUT2D eigenvalue weighted by molar-refractivity contribution is -0.304. The molecular formula is C10H9BrNO4-. The maximum atomic E-state index is 11.1. The molecule has 0 saturated heterocycles. The lowest BCUT2D eigenvalue weighted by Crippen LogP contribution is -2.39. The Bertz CT molecular complexity index is 377. The molecule has 0 spiro atoms. The summed E-state index contributed by atoms with van der Waals surface area (Å²) in [6.07, 6.45) is 0. The lowest BCUT2D eigenvalue weighted by Gasteiger charge is -2.07. The van der Waals surface area contributed by atoms with Crippen LogP contribution in [0.5, 0.6) is 5.75 Å². The van der Waals surface area contributed by atoms with Crippen LogP contribution in [0.2, 0.25) is 0 Å². The van der Waals surface area contributed by atoms with Gasteiger partial charge in [0, 0.05) is 4.47 Å². The zero-order valence-electron chi connectivity index (χ0n) is 8.23. The number of hydrogen-bond donors (Lipinski definition) is 1. The van der Waals surface area contributed by atoms with E-state index in [0.29, 0.717) is 5.75 Å². The van der Waals surface area contributed by atoms with E-state index in [1.165, 1.54) is 0 Å². The molecule has 0 aliphatic heterocycles. The van der Waals surface area contributed by atoms with Gasteiger partial charge < -0.3 is 20.0 Å². The zero-order valence-corrected chi connectivity index (χ0v) is 9.82. The van der Waals surface area contributed by atoms with Crippen LogP contribution in [0.25, 0.3) is 0 Å². The number of rotatable bonds is 5. The van der Waals surface area contributed by atoms with E-state index in [0.717, 1.165) is 4.47 Å². The van der Waals surface area contributed by atoms with Crippen LogP contribution in [0.15, 0.2) is 28.7 Å². The third-order valence-electron chi connectivity index (χ3n) is 1.61. The summed E-state index contributed by atoms with van der Waals surface area (Å²) in [7, 11) is 0. The van der Waals surface area contributed by atoms with Gasteiger partial charge in [-0.15, -0.1) is 0 Å². The van der Waals surface area contributed by atoms with Gasteiger partial charge in [-0.2, -0.15) is 0 Å². The SMILES string of the molecule is O=C([O-])CNC(=O)COc1ccc(Br)cc1. The molecule has 0 atom stereocenters. The van der Waals surface area contributed by atoms with Crippen molar-refractivity contribution in [2.75, 3.05) is 13.2 Å². The van der Waals surface area contributed by atoms with Crippen molar-refractivity contribution in [1.29, 1.82) is 0 Å². The predicted molar refractivity (Wildman–Crippen MR) is 57.7 cm³/mol. The highest BCUT2D eigenvalue weighted by molar-refractivity contribution is 9.10. The van der Waals surface area contributed by atoms with Gasteiger partial charge >= 0.3 is 0 Å². The number of amides is 1. The van der Waals surface area contributed by atoms with E-state index in [9.17, 15) is 14.7 Å². The summed E-state index contributed by atoms with van der Waals surface area (Å²) in [6.45, 7) is -0.739. The molecule has 16 heavy (non-hydrogen) atoms. The van der Waals surface area contributed by atoms with Gasteiger partial charge in [0.2, 0.25) is 0 Å². The lowest BCUT2D eigenvalue weighted by atomic mass is 10.3. The van der Waals surface area contributed by atoms with E-state index >= 15 is 0 Å². The molecule has 0 aromatic heterocycles. The first-order valence-electron chi connectivity index (χ1n) is 4.43. The fourth-order valence-corrected chi connectivity index (χ4v) is 1.17. The number of carbonyl (C=O) groups is 2. The molecule has 0 aliphatic rings. The van der Waals surface area contributed by atoms with Crippen LogP contribution < -0.4 is 15.2 Å². The second-order valence-electron chi connectivity index (χ2n) is 2.89. The summed E-state index contributed by atoms with van der Waals surface area (Å²) >= 11 is 3.26. The average molecular weight is 287 g/mol. The van der Waals surface area contributed by atoms with E-state index in [-0.39, 0.29) is 6.61 Å². The molecule has 6 heteroatoms. The van der Waals surface area contributed by atoms with Crippen molar-refractivity contribution in [3.63, 3.8) is 0 Å². The molecule has 0 bridgehead atoms. The summed E-state index contributed by atoms with van der Waals surface area (Å²) in [6, 6.07) is 6.93. The highest BCUT2D eigenvalue weighted by Crippen LogP contribution is 2.15. The maximum Gasteiger partial charge on any atom is 0.258 e. The Labute approximate surface area is 101 Å². The standard InChI is InChI=1S/C10H10BrNO4/c11-7-1-3-8(4-2-7)16-6-9(13)12-5-10(14)15/h1-4H,5-6H2,(H,12,13)(H,14,15)/p-1. The molecule has 1 aromatic carbocycles. The molecule has 0 unspecified atom stereocenters. The van der Waals surface area contributed by atoms with Gasteiger partial charge in [0.1, 0.15) is 5.75 Å². The van der Waals surface area contributed by atoms with E-state index in [2.05, 4.69) is 21.2 Å². The minimum Gasteiger partial charge on any atom is -0.548 e. The average Bonchev–Trinajstić information content (AvgIpc) is 2.25. The van der Waals surface area contributed by atoms with E-state index in [1.54, 1.807) is 24.3 Å². The third kappa shape index (κ3) is 4.79. The van der Waals surface area contributed by atoms with Crippen molar-refractivity contribution in [3.05, 3.63) is 28.7 Å². The molecule has 1 amide bonds. The van der Waals surface area contributed by atoms with Crippen molar-refractivity contribution in [2.24, 2.45) is 0 Å². The van der Waals surface area contributed by atoms with Crippen LogP contribution in [0, 0.1) is 0 Å². The monoisotopic (exact) mass is 286 g/mol. The van der Waals surface area contributed by atoms with Crippen LogP contribution in [0.3, 0.4) is 0 Å². The van der Waals surface area contributed by atoms with E-state index < -0.39 is 18.4 Å². The molecule has 0 aliphatic carbocycles. The van der Waals surface area contributed by atoms with Crippen molar-refractivity contribution in [1.82, 2.24) is 5.32 Å². The number of aliphatic carboxylic acids is 1. The highest BCUT2D eigenvalue weighted by atomic mass is 79.9. The highest BCUT2D eigenvalue weighted by Gasteiger charge is 2.01. The number of nitrogens with one attached hydrogen (secondary N) is 1. The van der Waals surface area contributed by atoms with E-state index in [4.69, 9.17) is 4.74 Å². The molecule has 86 valence electrons. The number of benzene rings is 1. The van der Waals surface area contributed by atoms with Gasteiger partial charge in [0.05, 0.1) is 12.5 Å². The van der Waals surface area contributed by atoms with Crippen LogP contribution in [-0.2, 0) is 9.59 Å². The minimum atomic E-state index is -1.34. The van der Waals surface area contributed by atoms with Crippen molar-refractivity contribution in [2.45, 2.75) is 0 Å². The van der Waals surface area contributed by atoms with Gasteiger partial charge in [0.25, 0.3) is 5.91 Å². The van der Waals surface area contributed by atoms with Crippen LogP contribution in [-0.4, -0.2) is 25.0 Å². The topological polar surface area (TPSA) is 78.5 Å². The summed E-state index contributed by atoms with van der Waals surface area (Å²) in [4.78, 5) is 21.1. The summed E-state index contributed by atoms with van der Waals surface area (Å²) in [5, 5.41) is 12.2. The first kappa shape index (κ1) is 12.5. The fourth-order valence-electron chi connectivity index (χ4n) is 0.901. The molecule has 0 saturated carbocycles. The van der Waals surface area contributed by atoms with Crippen molar-refractivity contribution >= 4 is 27.8 Å².